The molecule has 0 bridgehead atoms. The molecule has 0 aliphatic carbocycles. The van der Waals surface area contributed by atoms with Crippen LogP contribution in [0.25, 0.3) is 0 Å². The smallest absolute Gasteiger partial charge is 0.462 e. The van der Waals surface area contributed by atoms with E-state index in [-0.39, 0.29) is 25.7 Å². The first-order valence-corrected chi connectivity index (χ1v) is 38.3. The normalized spacial score (nSPS) is 14.1. The Balaban J connectivity index is 5.02. The van der Waals surface area contributed by atoms with Crippen LogP contribution in [0.4, 0.5) is 0 Å². The summed E-state index contributed by atoms with van der Waals surface area (Å²) >= 11 is 0. The van der Waals surface area contributed by atoms with Crippen molar-refractivity contribution in [2.45, 2.75) is 367 Å². The molecule has 0 aliphatic heterocycles. The number of unbranched alkanes of at least 4 members (excludes halogenated alkanes) is 42. The number of carbonyl (C=O) groups is 4. The van der Waals surface area contributed by atoms with Crippen LogP contribution in [0.2, 0.25) is 0 Å². The van der Waals surface area contributed by atoms with E-state index >= 15 is 0 Å². The van der Waals surface area contributed by atoms with E-state index in [4.69, 9.17) is 37.0 Å². The lowest BCUT2D eigenvalue weighted by atomic mass is 10.0. The van der Waals surface area contributed by atoms with Gasteiger partial charge in [-0.15, -0.1) is 0 Å². The highest BCUT2D eigenvalue weighted by Crippen LogP contribution is 2.45. The molecule has 19 heteroatoms. The molecule has 86 heavy (non-hydrogen) atoms. The maximum Gasteiger partial charge on any atom is 0.472 e. The number of phosphoric ester groups is 2. The average Bonchev–Trinajstić information content (AvgIpc) is 3.71. The molecule has 0 amide bonds. The first kappa shape index (κ1) is 84.1. The van der Waals surface area contributed by atoms with E-state index in [1.54, 1.807) is 0 Å². The Bertz CT molecular complexity index is 1650. The molecule has 0 rings (SSSR count). The van der Waals surface area contributed by atoms with Gasteiger partial charge in [-0.2, -0.15) is 0 Å². The second-order valence-corrected chi connectivity index (χ2v) is 27.1. The molecule has 17 nitrogen and oxygen atoms in total. The quantitative estimate of drug-likeness (QED) is 0.0222. The Labute approximate surface area is 524 Å². The number of ether oxygens (including phenoxy) is 4. The lowest BCUT2D eigenvalue weighted by Crippen LogP contribution is -2.30. The molecule has 0 heterocycles. The standard InChI is InChI=1S/C67H130O17P2/c1-5-9-13-17-19-21-23-25-27-28-29-30-31-32-33-34-36-38-40-42-46-50-54-67(72)84-63(58-78-65(70)52-48-45-41-39-37-35-26-24-22-20-18-14-10-6-2)60-82-86(75,76)80-56-61(68)55-79-85(73,74)81-59-62(83-66(71)53-49-44-16-12-8-4)57-77-64(69)51-47-43-15-11-7-3/h61-63,68H,5-60H2,1-4H3,(H,73,74)(H,75,76)/t61-,62+,63+/m0/s1. The first-order valence-electron chi connectivity index (χ1n) is 35.3. The minimum atomic E-state index is -4.94. The van der Waals surface area contributed by atoms with E-state index in [2.05, 4.69) is 27.7 Å². The number of aliphatic hydroxyl groups is 1. The average molecular weight is 1270 g/mol. The molecule has 5 atom stereocenters. The van der Waals surface area contributed by atoms with Gasteiger partial charge in [0.25, 0.3) is 0 Å². The van der Waals surface area contributed by atoms with Gasteiger partial charge in [0, 0.05) is 25.7 Å². The van der Waals surface area contributed by atoms with Crippen molar-refractivity contribution in [3.8, 4) is 0 Å². The number of hydrogen-bond acceptors (Lipinski definition) is 15. The van der Waals surface area contributed by atoms with Gasteiger partial charge >= 0.3 is 39.5 Å². The Morgan fingerprint density at radius 2 is 0.465 bits per heavy atom. The zero-order valence-electron chi connectivity index (χ0n) is 55.3. The molecule has 0 saturated heterocycles. The maximum absolute atomic E-state index is 13.0. The van der Waals surface area contributed by atoms with Crippen molar-refractivity contribution in [1.29, 1.82) is 0 Å². The second-order valence-electron chi connectivity index (χ2n) is 24.2. The number of carbonyl (C=O) groups excluding carboxylic acids is 4. The highest BCUT2D eigenvalue weighted by atomic mass is 31.2. The third-order valence-corrected chi connectivity index (χ3v) is 17.5. The van der Waals surface area contributed by atoms with Crippen LogP contribution < -0.4 is 0 Å². The molecular weight excluding hydrogens is 1140 g/mol. The second kappa shape index (κ2) is 61.9. The molecule has 3 N–H and O–H groups in total. The van der Waals surface area contributed by atoms with Gasteiger partial charge in [-0.05, 0) is 25.7 Å². The summed E-state index contributed by atoms with van der Waals surface area (Å²) in [6.07, 6.45) is 49.7. The fraction of sp³-hybridized carbons (Fsp3) is 0.940. The third kappa shape index (κ3) is 60.9. The van der Waals surface area contributed by atoms with Gasteiger partial charge in [0.1, 0.15) is 19.3 Å². The summed E-state index contributed by atoms with van der Waals surface area (Å²) in [5, 5.41) is 10.5. The van der Waals surface area contributed by atoms with Crippen LogP contribution in [0.1, 0.15) is 349 Å². The van der Waals surface area contributed by atoms with E-state index in [9.17, 15) is 43.2 Å². The Hall–Kier alpha value is -1.94. The summed E-state index contributed by atoms with van der Waals surface area (Å²) in [5.41, 5.74) is 0. The fourth-order valence-corrected chi connectivity index (χ4v) is 11.7. The highest BCUT2D eigenvalue weighted by molar-refractivity contribution is 7.47. The van der Waals surface area contributed by atoms with Crippen molar-refractivity contribution in [1.82, 2.24) is 0 Å². The summed E-state index contributed by atoms with van der Waals surface area (Å²) in [5.74, 6) is -2.15. The predicted molar refractivity (Wildman–Crippen MR) is 345 cm³/mol. The Morgan fingerprint density at radius 1 is 0.279 bits per heavy atom. The van der Waals surface area contributed by atoms with Gasteiger partial charge < -0.3 is 33.8 Å². The molecule has 0 aromatic carbocycles. The summed E-state index contributed by atoms with van der Waals surface area (Å²) in [4.78, 5) is 71.8. The lowest BCUT2D eigenvalue weighted by Gasteiger charge is -2.21. The van der Waals surface area contributed by atoms with Crippen molar-refractivity contribution in [3.63, 3.8) is 0 Å². The minimum Gasteiger partial charge on any atom is -0.462 e. The van der Waals surface area contributed by atoms with Crippen molar-refractivity contribution >= 4 is 39.5 Å². The van der Waals surface area contributed by atoms with Crippen LogP contribution in [0, 0.1) is 0 Å². The largest absolute Gasteiger partial charge is 0.472 e. The van der Waals surface area contributed by atoms with Crippen molar-refractivity contribution in [3.05, 3.63) is 0 Å². The number of aliphatic hydroxyl groups excluding tert-OH is 1. The van der Waals surface area contributed by atoms with Crippen molar-refractivity contribution in [2.75, 3.05) is 39.6 Å². The SMILES string of the molecule is CCCCCCCCCCCCCCCCCCCCCCCCC(=O)O[C@H](COC(=O)CCCCCCCCCCCCCCCC)COP(=O)(O)OC[C@@H](O)COP(=O)(O)OC[C@@H](COC(=O)CCCCCCC)OC(=O)CCCCCCC. The lowest BCUT2D eigenvalue weighted by molar-refractivity contribution is -0.161. The summed E-state index contributed by atoms with van der Waals surface area (Å²) < 4.78 is 67.6. The van der Waals surface area contributed by atoms with Gasteiger partial charge in [-0.25, -0.2) is 9.13 Å². The number of rotatable bonds is 68. The van der Waals surface area contributed by atoms with Crippen LogP contribution in [0.15, 0.2) is 0 Å². The molecule has 0 aromatic heterocycles. The van der Waals surface area contributed by atoms with E-state index in [0.717, 1.165) is 96.3 Å². The van der Waals surface area contributed by atoms with Crippen LogP contribution in [-0.4, -0.2) is 96.7 Å². The van der Waals surface area contributed by atoms with Gasteiger partial charge in [-0.1, -0.05) is 297 Å². The fourth-order valence-electron chi connectivity index (χ4n) is 10.2. The zero-order valence-corrected chi connectivity index (χ0v) is 57.1. The number of hydrogen-bond donors (Lipinski definition) is 3. The molecule has 2 unspecified atom stereocenters. The van der Waals surface area contributed by atoms with Crippen molar-refractivity contribution < 1.29 is 80.2 Å². The summed E-state index contributed by atoms with van der Waals surface area (Å²) in [7, 11) is -9.87. The van der Waals surface area contributed by atoms with Gasteiger partial charge in [0.15, 0.2) is 12.2 Å². The van der Waals surface area contributed by atoms with Gasteiger partial charge in [0.05, 0.1) is 26.4 Å². The van der Waals surface area contributed by atoms with E-state index in [1.165, 1.54) is 173 Å². The van der Waals surface area contributed by atoms with Crippen molar-refractivity contribution in [2.24, 2.45) is 0 Å². The number of esters is 4. The van der Waals surface area contributed by atoms with E-state index < -0.39 is 97.5 Å². The molecular formula is C67H130O17P2. The Kier molecular flexibility index (Phi) is 60.5. The van der Waals surface area contributed by atoms with Crippen LogP contribution in [0.3, 0.4) is 0 Å². The summed E-state index contributed by atoms with van der Waals surface area (Å²) in [6, 6.07) is 0. The first-order chi connectivity index (χ1) is 41.7. The van der Waals surface area contributed by atoms with Gasteiger partial charge in [-0.3, -0.25) is 37.3 Å². The van der Waals surface area contributed by atoms with E-state index in [0.29, 0.717) is 25.7 Å². The third-order valence-electron chi connectivity index (χ3n) is 15.6. The molecule has 0 spiro atoms. The molecule has 0 saturated carbocycles. The highest BCUT2D eigenvalue weighted by Gasteiger charge is 2.30. The zero-order chi connectivity index (χ0) is 63.3. The van der Waals surface area contributed by atoms with Crippen LogP contribution >= 0.6 is 15.6 Å². The molecule has 0 aromatic rings. The minimum absolute atomic E-state index is 0.0993. The molecule has 0 fully saturated rings. The maximum atomic E-state index is 13.0. The van der Waals surface area contributed by atoms with Crippen LogP contribution in [0.5, 0.6) is 0 Å². The monoisotopic (exact) mass is 1270 g/mol. The van der Waals surface area contributed by atoms with Crippen LogP contribution in [-0.2, 0) is 65.4 Å². The predicted octanol–water partition coefficient (Wildman–Crippen LogP) is 19.1. The topological polar surface area (TPSA) is 237 Å². The van der Waals surface area contributed by atoms with Gasteiger partial charge in [0.2, 0.25) is 0 Å². The number of phosphoric acid groups is 2. The van der Waals surface area contributed by atoms with E-state index in [1.807, 2.05) is 0 Å². The molecule has 0 aliphatic rings. The summed E-state index contributed by atoms with van der Waals surface area (Å²) in [6.45, 7) is 4.73. The molecule has 510 valence electrons. The Morgan fingerprint density at radius 3 is 0.686 bits per heavy atom. The molecule has 0 radical (unpaired) electrons.